The topological polar surface area (TPSA) is 0 Å². The van der Waals surface area contributed by atoms with Gasteiger partial charge in [-0.1, -0.05) is 0 Å². The Morgan fingerprint density at radius 1 is 2.00 bits per heavy atom. The third kappa shape index (κ3) is 307. The Morgan fingerprint density at radius 2 is 2.00 bits per heavy atom. The van der Waals surface area contributed by atoms with Crippen molar-refractivity contribution in [3.63, 3.8) is 0 Å². The van der Waals surface area contributed by atoms with Crippen molar-refractivity contribution in [2.45, 2.75) is 0 Å². The summed E-state index contributed by atoms with van der Waals surface area (Å²) in [6.45, 7) is 6.72. The fourth-order valence-corrected chi connectivity index (χ4v) is 0. The third-order valence-corrected chi connectivity index (χ3v) is 0. The van der Waals surface area contributed by atoms with Gasteiger partial charge in [0.2, 0.25) is 0 Å². The Labute approximate surface area is 34.6 Å². The minimum atomic E-state index is 0.729. The molecule has 0 bridgehead atoms. The molecular weight excluding hydrogens is 116 g/mol. The smallest absolute Gasteiger partial charge is 0.00251 e. The maximum Gasteiger partial charge on any atom is 0.161 e. The molecule has 0 saturated carbocycles. The molecule has 0 aromatic carbocycles. The molecule has 0 aromatic rings. The summed E-state index contributed by atoms with van der Waals surface area (Å²) in [4.78, 5) is 0. The van der Waals surface area contributed by atoms with Gasteiger partial charge in [-0.3, -0.25) is 0 Å². The third-order valence-electron chi connectivity index (χ3n) is 0. The van der Waals surface area contributed by atoms with E-state index in [9.17, 15) is 0 Å². The summed E-state index contributed by atoms with van der Waals surface area (Å²) in [5.74, 6) is 0. The summed E-state index contributed by atoms with van der Waals surface area (Å²) in [7, 11) is 0. The molecule has 1 heteroatoms. The first-order chi connectivity index (χ1) is 1.73. The lowest BCUT2D eigenvalue weighted by Gasteiger charge is -1.49. The van der Waals surface area contributed by atoms with Crippen LogP contribution in [0.3, 0.4) is 0 Å². The highest BCUT2D eigenvalue weighted by molar-refractivity contribution is 9.11. The van der Waals surface area contributed by atoms with Crippen LogP contribution in [0.5, 0.6) is 0 Å². The van der Waals surface area contributed by atoms with Gasteiger partial charge in [0.15, 0.2) is 4.48 Å². The average molecular weight is 120 g/mol. The number of allylic oxidation sites excluding steroid dienone is 1. The molecule has 0 nitrogen and oxygen atoms in total. The van der Waals surface area contributed by atoms with Gasteiger partial charge < -0.3 is 0 Å². The highest BCUT2D eigenvalue weighted by Gasteiger charge is 1.68. The second kappa shape index (κ2) is 1.41. The molecule has 0 spiro atoms. The number of hydrogen-bond acceptors (Lipinski definition) is 0. The SMILES string of the molecule is C=C([CH2+])Br. The summed E-state index contributed by atoms with van der Waals surface area (Å²) < 4.78 is 0.729. The van der Waals surface area contributed by atoms with Crippen LogP contribution in [0, 0.1) is 6.92 Å². The fourth-order valence-electron chi connectivity index (χ4n) is 0. The molecule has 4 heavy (non-hydrogen) atoms. The predicted octanol–water partition coefficient (Wildman–Crippen LogP) is 1.73. The van der Waals surface area contributed by atoms with E-state index in [1.165, 1.54) is 0 Å². The first kappa shape index (κ1) is 4.09. The number of hydrogen-bond donors (Lipinski definition) is 0. The highest BCUT2D eigenvalue weighted by Crippen LogP contribution is 1.92. The van der Waals surface area contributed by atoms with Crippen LogP contribution in [0.15, 0.2) is 11.1 Å². The normalized spacial score (nSPS) is 6.25. The van der Waals surface area contributed by atoms with Crippen LogP contribution in [-0.2, 0) is 0 Å². The first-order valence-electron chi connectivity index (χ1n) is 0.896. The van der Waals surface area contributed by atoms with E-state index in [2.05, 4.69) is 29.4 Å². The van der Waals surface area contributed by atoms with Crippen molar-refractivity contribution < 1.29 is 0 Å². The van der Waals surface area contributed by atoms with Gasteiger partial charge in [0.25, 0.3) is 0 Å². The minimum Gasteiger partial charge on any atom is -0.00251 e. The molecule has 0 radical (unpaired) electrons. The van der Waals surface area contributed by atoms with Gasteiger partial charge >= 0.3 is 0 Å². The molecule has 0 aliphatic rings. The Bertz CT molecular complexity index is 26.3. The molecule has 0 aliphatic carbocycles. The molecule has 0 unspecified atom stereocenters. The van der Waals surface area contributed by atoms with Gasteiger partial charge in [0.05, 0.1) is 0 Å². The molecule has 0 heterocycles. The monoisotopic (exact) mass is 119 g/mol. The summed E-state index contributed by atoms with van der Waals surface area (Å²) in [5.41, 5.74) is 0. The van der Waals surface area contributed by atoms with E-state index in [4.69, 9.17) is 0 Å². The highest BCUT2D eigenvalue weighted by atomic mass is 79.9. The summed E-state index contributed by atoms with van der Waals surface area (Å²) in [6.07, 6.45) is 0. The van der Waals surface area contributed by atoms with Crippen LogP contribution in [-0.4, -0.2) is 0 Å². The molecule has 0 aliphatic heterocycles. The van der Waals surface area contributed by atoms with Crippen LogP contribution in [0.4, 0.5) is 0 Å². The lowest BCUT2D eigenvalue weighted by Crippen LogP contribution is -1.34. The van der Waals surface area contributed by atoms with Gasteiger partial charge in [0.1, 0.15) is 0 Å². The maximum absolute atomic E-state index is 3.36. The minimum absolute atomic E-state index is 0.729. The van der Waals surface area contributed by atoms with Crippen molar-refractivity contribution in [2.75, 3.05) is 0 Å². The van der Waals surface area contributed by atoms with Crippen LogP contribution >= 0.6 is 15.9 Å². The van der Waals surface area contributed by atoms with E-state index in [-0.39, 0.29) is 0 Å². The number of halogens is 1. The van der Waals surface area contributed by atoms with E-state index in [1.54, 1.807) is 0 Å². The summed E-state index contributed by atoms with van der Waals surface area (Å²) in [5, 5.41) is 0. The zero-order chi connectivity index (χ0) is 3.58. The predicted molar refractivity (Wildman–Crippen MR) is 23.4 cm³/mol. The zero-order valence-corrected chi connectivity index (χ0v) is 3.88. The van der Waals surface area contributed by atoms with Crippen molar-refractivity contribution >= 4 is 15.9 Å². The van der Waals surface area contributed by atoms with Crippen LogP contribution in [0.2, 0.25) is 0 Å². The van der Waals surface area contributed by atoms with E-state index in [1.807, 2.05) is 0 Å². The van der Waals surface area contributed by atoms with Crippen LogP contribution in [0.25, 0.3) is 0 Å². The Morgan fingerprint density at radius 3 is 2.00 bits per heavy atom. The molecule has 0 fully saturated rings. The van der Waals surface area contributed by atoms with E-state index in [0.717, 1.165) is 4.48 Å². The number of rotatable bonds is 0. The van der Waals surface area contributed by atoms with Crippen molar-refractivity contribution in [3.8, 4) is 0 Å². The molecular formula is C3H4Br+. The second-order valence-corrected chi connectivity index (χ2v) is 1.64. The van der Waals surface area contributed by atoms with Gasteiger partial charge in [0, 0.05) is 13.5 Å². The van der Waals surface area contributed by atoms with Crippen molar-refractivity contribution in [3.05, 3.63) is 18.0 Å². The maximum atomic E-state index is 3.36. The van der Waals surface area contributed by atoms with E-state index >= 15 is 0 Å². The van der Waals surface area contributed by atoms with Crippen molar-refractivity contribution in [1.29, 1.82) is 0 Å². The fraction of sp³-hybridized carbons (Fsp3) is 0. The molecule has 22 valence electrons. The largest absolute Gasteiger partial charge is 0.161 e. The summed E-state index contributed by atoms with van der Waals surface area (Å²) in [6, 6.07) is 0. The Balaban J connectivity index is 2.80. The molecule has 0 rings (SSSR count). The molecule has 0 aromatic heterocycles. The van der Waals surface area contributed by atoms with E-state index < -0.39 is 0 Å². The van der Waals surface area contributed by atoms with Gasteiger partial charge in [-0.25, -0.2) is 0 Å². The molecule has 0 saturated heterocycles. The van der Waals surface area contributed by atoms with Gasteiger partial charge in [-0.05, 0) is 15.9 Å². The first-order valence-corrected chi connectivity index (χ1v) is 1.69. The lowest BCUT2D eigenvalue weighted by atomic mass is 10.8. The molecule has 0 N–H and O–H groups in total. The molecule has 0 amide bonds. The Kier molecular flexibility index (Phi) is 1.45. The van der Waals surface area contributed by atoms with Gasteiger partial charge in [-0.2, -0.15) is 0 Å². The van der Waals surface area contributed by atoms with E-state index in [0.29, 0.717) is 0 Å². The zero-order valence-electron chi connectivity index (χ0n) is 2.29. The van der Waals surface area contributed by atoms with Crippen molar-refractivity contribution in [1.82, 2.24) is 0 Å². The standard InChI is InChI=1S/C3H4Br/c1-3(2)4/h1-2H2/q+1. The second-order valence-electron chi connectivity index (χ2n) is 0.517. The van der Waals surface area contributed by atoms with Crippen molar-refractivity contribution in [2.24, 2.45) is 0 Å². The summed E-state index contributed by atoms with van der Waals surface area (Å²) >= 11 is 2.97. The quantitative estimate of drug-likeness (QED) is 0.427. The lowest BCUT2D eigenvalue weighted by molar-refractivity contribution is 2.12. The van der Waals surface area contributed by atoms with Gasteiger partial charge in [-0.15, -0.1) is 0 Å². The average Bonchev–Trinajstić information content (AvgIpc) is 0.811. The van der Waals surface area contributed by atoms with Crippen LogP contribution in [0.1, 0.15) is 0 Å². The molecule has 0 atom stereocenters. The van der Waals surface area contributed by atoms with Crippen LogP contribution < -0.4 is 0 Å². The Hall–Kier alpha value is 0.0900.